The Bertz CT molecular complexity index is 301. The van der Waals surface area contributed by atoms with Gasteiger partial charge in [-0.05, 0) is 75.2 Å². The van der Waals surface area contributed by atoms with Crippen molar-refractivity contribution in [2.75, 3.05) is 6.54 Å². The zero-order chi connectivity index (χ0) is 29.7. The Kier molecular flexibility index (Phi) is 113. The Morgan fingerprint density at radius 2 is 0.610 bits per heavy atom. The number of piperidine rings is 1. The van der Waals surface area contributed by atoms with E-state index in [1.807, 2.05) is 69.2 Å². The van der Waals surface area contributed by atoms with E-state index in [0.717, 1.165) is 47.6 Å². The maximum absolute atomic E-state index is 2.69. The molecule has 0 aromatic heterocycles. The molecular weight excluding hydrogens is 494 g/mol. The summed E-state index contributed by atoms with van der Waals surface area (Å²) in [5.41, 5.74) is 0. The summed E-state index contributed by atoms with van der Waals surface area (Å²) in [5.74, 6) is 5.60. The molecule has 0 amide bonds. The van der Waals surface area contributed by atoms with Gasteiger partial charge in [0.15, 0.2) is 0 Å². The lowest BCUT2D eigenvalue weighted by atomic mass is 9.81. The smallest absolute Gasteiger partial charge is 0.00955 e. The molecule has 1 saturated carbocycles. The molecule has 8 atom stereocenters. The van der Waals surface area contributed by atoms with Crippen molar-refractivity contribution in [3.8, 4) is 0 Å². The summed E-state index contributed by atoms with van der Waals surface area (Å²) < 4.78 is 0. The first kappa shape index (κ1) is 78.0. The summed E-state index contributed by atoms with van der Waals surface area (Å²) >= 11 is 0. The van der Waals surface area contributed by atoms with E-state index >= 15 is 0 Å². The Hall–Kier alpha value is -0.0400. The van der Waals surface area contributed by atoms with Gasteiger partial charge in [-0.3, -0.25) is 4.90 Å². The van der Waals surface area contributed by atoms with Crippen molar-refractivity contribution in [2.45, 2.75) is 228 Å². The van der Waals surface area contributed by atoms with Crippen LogP contribution in [0.5, 0.6) is 0 Å². The zero-order valence-corrected chi connectivity index (χ0v) is 29.6. The Morgan fingerprint density at radius 1 is 0.415 bits per heavy atom. The van der Waals surface area contributed by atoms with Gasteiger partial charge in [-0.15, -0.1) is 0 Å². The molecule has 2 aliphatic rings. The molecule has 0 aromatic rings. The number of hydrogen-bond acceptors (Lipinski definition) is 1. The maximum atomic E-state index is 2.69. The lowest BCUT2D eigenvalue weighted by Crippen LogP contribution is -2.51. The number of likely N-dealkylation sites (tertiary alicyclic amines) is 1. The quantitative estimate of drug-likeness (QED) is 0.305. The van der Waals surface area contributed by atoms with Gasteiger partial charge >= 0.3 is 0 Å². The van der Waals surface area contributed by atoms with Gasteiger partial charge in [0.1, 0.15) is 0 Å². The van der Waals surface area contributed by atoms with Crippen molar-refractivity contribution in [3.63, 3.8) is 0 Å². The molecule has 1 aliphatic heterocycles. The number of nitrogens with zero attached hydrogens (tertiary/aromatic N) is 1. The lowest BCUT2D eigenvalue weighted by Gasteiger charge is -2.46. The predicted octanol–water partition coefficient (Wildman–Crippen LogP) is 16.4. The minimum Gasteiger partial charge on any atom is -0.297 e. The third-order valence-electron chi connectivity index (χ3n) is 7.29. The molecule has 1 heterocycles. The Morgan fingerprint density at radius 3 is 0.756 bits per heavy atom. The van der Waals surface area contributed by atoms with E-state index in [4.69, 9.17) is 0 Å². The average molecular weight is 600 g/mol. The van der Waals surface area contributed by atoms with Crippen molar-refractivity contribution < 1.29 is 0 Å². The number of hydrogen-bond donors (Lipinski definition) is 0. The van der Waals surface area contributed by atoms with Crippen LogP contribution in [-0.2, 0) is 0 Å². The van der Waals surface area contributed by atoms with Gasteiger partial charge in [0.2, 0.25) is 0 Å². The van der Waals surface area contributed by atoms with E-state index in [1.54, 1.807) is 0 Å². The molecule has 2 rings (SSSR count). The Balaban J connectivity index is -0.0000000269. The highest BCUT2D eigenvalue weighted by atomic mass is 15.2. The molecule has 0 radical (unpaired) electrons. The molecule has 1 heteroatoms. The largest absolute Gasteiger partial charge is 0.297 e. The topological polar surface area (TPSA) is 3.24 Å². The summed E-state index contributed by atoms with van der Waals surface area (Å²) in [4.78, 5) is 2.69. The standard InChI is InChI=1S/C12H25N.C9H18.C3H8.5C2H6.6CH4/c1-6-7-13-11(4)9(2)8-10(3)12(13)5;1-6-5-7(2)9(4)8(6)3;1-3-2;5*1-2;;;;;;/h9-12H,6-8H2,1-5H3;6-9H,5H2,1-4H3;3H2,1-2H3;5*1-2H3;6*1H4/t9-,10+,11-,12+;6-,7+,8-,9+;;;;;;;;;;;;. The van der Waals surface area contributed by atoms with E-state index in [-0.39, 0.29) is 44.6 Å². The van der Waals surface area contributed by atoms with Crippen LogP contribution >= 0.6 is 0 Å². The van der Waals surface area contributed by atoms with E-state index in [1.165, 1.54) is 32.2 Å². The van der Waals surface area contributed by atoms with Crippen molar-refractivity contribution in [1.29, 1.82) is 0 Å². The molecule has 270 valence electrons. The van der Waals surface area contributed by atoms with Gasteiger partial charge in [0, 0.05) is 12.1 Å². The molecule has 41 heavy (non-hydrogen) atoms. The van der Waals surface area contributed by atoms with E-state index in [9.17, 15) is 0 Å². The van der Waals surface area contributed by atoms with Crippen molar-refractivity contribution >= 4 is 0 Å². The van der Waals surface area contributed by atoms with Crippen molar-refractivity contribution in [2.24, 2.45) is 35.5 Å². The van der Waals surface area contributed by atoms with Crippen LogP contribution in [0.4, 0.5) is 0 Å². The maximum Gasteiger partial charge on any atom is 0.00955 e. The summed E-state index contributed by atoms with van der Waals surface area (Å²) in [7, 11) is 0. The number of rotatable bonds is 2. The highest BCUT2D eigenvalue weighted by Gasteiger charge is 2.33. The van der Waals surface area contributed by atoms with E-state index < -0.39 is 0 Å². The van der Waals surface area contributed by atoms with Gasteiger partial charge in [0.25, 0.3) is 0 Å². The molecule has 0 aromatic carbocycles. The van der Waals surface area contributed by atoms with E-state index in [0.29, 0.717) is 0 Å². The molecule has 0 unspecified atom stereocenters. The molecule has 1 saturated heterocycles. The molecule has 2 fully saturated rings. The molecule has 1 nitrogen and oxygen atoms in total. The predicted molar refractivity (Wildman–Crippen MR) is 213 cm³/mol. The first-order valence-electron chi connectivity index (χ1n) is 16.4. The van der Waals surface area contributed by atoms with Gasteiger partial charge in [0.05, 0.1) is 0 Å². The fourth-order valence-electron chi connectivity index (χ4n) is 4.72. The monoisotopic (exact) mass is 600 g/mol. The van der Waals surface area contributed by atoms with Gasteiger partial charge in [-0.2, -0.15) is 0 Å². The molecule has 0 bridgehead atoms. The van der Waals surface area contributed by atoms with Gasteiger partial charge < -0.3 is 0 Å². The average Bonchev–Trinajstić information content (AvgIpc) is 3.12. The molecule has 0 N–H and O–H groups in total. The summed E-state index contributed by atoms with van der Waals surface area (Å²) in [5, 5.41) is 0. The third kappa shape index (κ3) is 37.9. The van der Waals surface area contributed by atoms with Crippen molar-refractivity contribution in [3.05, 3.63) is 0 Å². The SMILES string of the molecule is C.C.C.C.C.C.CC.CC.CC.CC.CC.CCC.CCCN1[C@H](C)[C@H](C)C[C@H](C)[C@@H]1C.C[C@@H]1[C@H](C)[C@H](C)C[C@@H]1C. The first-order valence-corrected chi connectivity index (χ1v) is 16.4. The van der Waals surface area contributed by atoms with Gasteiger partial charge in [-0.25, -0.2) is 0 Å². The van der Waals surface area contributed by atoms with Crippen LogP contribution in [0.25, 0.3) is 0 Å². The van der Waals surface area contributed by atoms with Crippen LogP contribution in [-0.4, -0.2) is 23.5 Å². The van der Waals surface area contributed by atoms with Crippen LogP contribution in [0, 0.1) is 35.5 Å². The second kappa shape index (κ2) is 59.4. The normalized spacial score (nSPS) is 26.0. The second-order valence-corrected chi connectivity index (χ2v) is 9.52. The summed E-state index contributed by atoms with van der Waals surface area (Å²) in [6.45, 7) is 46.9. The second-order valence-electron chi connectivity index (χ2n) is 9.52. The van der Waals surface area contributed by atoms with Crippen LogP contribution in [0.2, 0.25) is 0 Å². The van der Waals surface area contributed by atoms with Crippen LogP contribution in [0.15, 0.2) is 0 Å². The highest BCUT2D eigenvalue weighted by molar-refractivity contribution is 4.87. The minimum atomic E-state index is 0. The minimum absolute atomic E-state index is 0. The highest BCUT2D eigenvalue weighted by Crippen LogP contribution is 2.40. The lowest BCUT2D eigenvalue weighted by molar-refractivity contribution is 0.0281. The van der Waals surface area contributed by atoms with E-state index in [2.05, 4.69) is 81.1 Å². The Labute approximate surface area is 274 Å². The molecule has 1 aliphatic carbocycles. The summed E-state index contributed by atoms with van der Waals surface area (Å²) in [6, 6.07) is 1.57. The van der Waals surface area contributed by atoms with Crippen molar-refractivity contribution in [1.82, 2.24) is 4.90 Å². The van der Waals surface area contributed by atoms with Crippen LogP contribution in [0.3, 0.4) is 0 Å². The van der Waals surface area contributed by atoms with Crippen LogP contribution in [0.1, 0.15) is 216 Å². The molecular formula is C40H105N. The third-order valence-corrected chi connectivity index (χ3v) is 7.29. The first-order chi connectivity index (χ1) is 16.6. The molecule has 0 spiro atoms. The summed E-state index contributed by atoms with van der Waals surface area (Å²) in [6.07, 6.45) is 5.39. The van der Waals surface area contributed by atoms with Gasteiger partial charge in [-0.1, -0.05) is 183 Å². The van der Waals surface area contributed by atoms with Crippen LogP contribution < -0.4 is 0 Å². The zero-order valence-electron chi connectivity index (χ0n) is 29.6. The fourth-order valence-corrected chi connectivity index (χ4v) is 4.72. The fraction of sp³-hybridized carbons (Fsp3) is 1.00.